The first kappa shape index (κ1) is 25.1. The summed E-state index contributed by atoms with van der Waals surface area (Å²) in [5.41, 5.74) is 6.94. The highest BCUT2D eigenvalue weighted by Gasteiger charge is 2.18. The number of nitrogens with one attached hydrogen (secondary N) is 1. The van der Waals surface area contributed by atoms with Gasteiger partial charge in [-0.3, -0.25) is 4.99 Å². The number of aliphatic imine (C=N–C) groups is 1. The minimum atomic E-state index is -0.505. The molecule has 1 aliphatic rings. The molecule has 1 unspecified atom stereocenters. The average Bonchev–Trinajstić information content (AvgIpc) is 2.96. The monoisotopic (exact) mass is 503 g/mol. The van der Waals surface area contributed by atoms with Crippen molar-refractivity contribution < 1.29 is 14.6 Å². The lowest BCUT2D eigenvalue weighted by molar-refractivity contribution is 0.181. The molecule has 0 saturated carbocycles. The van der Waals surface area contributed by atoms with Crippen LogP contribution in [0.2, 0.25) is 0 Å². The minimum Gasteiger partial charge on any atom is -0.489 e. The lowest BCUT2D eigenvalue weighted by Gasteiger charge is -2.21. The van der Waals surface area contributed by atoms with Crippen LogP contribution in [0.3, 0.4) is 0 Å². The van der Waals surface area contributed by atoms with Gasteiger partial charge in [-0.1, -0.05) is 60.7 Å². The summed E-state index contributed by atoms with van der Waals surface area (Å²) in [7, 11) is 0. The predicted octanol–water partition coefficient (Wildman–Crippen LogP) is 5.40. The van der Waals surface area contributed by atoms with Crippen molar-refractivity contribution in [2.75, 3.05) is 13.1 Å². The predicted molar refractivity (Wildman–Crippen MR) is 148 cm³/mol. The molecule has 2 N–H and O–H groups in total. The second-order valence-corrected chi connectivity index (χ2v) is 9.23. The summed E-state index contributed by atoms with van der Waals surface area (Å²) in [6.45, 7) is 3.59. The van der Waals surface area contributed by atoms with Gasteiger partial charge in [-0.25, -0.2) is 0 Å². The van der Waals surface area contributed by atoms with Gasteiger partial charge in [0.25, 0.3) is 0 Å². The van der Waals surface area contributed by atoms with E-state index in [2.05, 4.69) is 53.6 Å². The van der Waals surface area contributed by atoms with Crippen LogP contribution in [-0.4, -0.2) is 30.1 Å². The topological polar surface area (TPSA) is 86.9 Å². The van der Waals surface area contributed by atoms with E-state index in [0.29, 0.717) is 49.2 Å². The van der Waals surface area contributed by atoms with E-state index in [1.807, 2.05) is 54.6 Å². The Hall–Kier alpha value is -4.60. The fraction of sp³-hybridized carbons (Fsp3) is 0.188. The maximum Gasteiger partial charge on any atom is 0.134 e. The highest BCUT2D eigenvalue weighted by atomic mass is 16.5. The van der Waals surface area contributed by atoms with Gasteiger partial charge in [0.15, 0.2) is 0 Å². The molecule has 4 aromatic rings. The van der Waals surface area contributed by atoms with E-state index in [4.69, 9.17) is 9.47 Å². The van der Waals surface area contributed by atoms with Gasteiger partial charge in [-0.2, -0.15) is 5.26 Å². The first-order valence-corrected chi connectivity index (χ1v) is 12.6. The van der Waals surface area contributed by atoms with Crippen LogP contribution in [0.15, 0.2) is 96.0 Å². The molecule has 0 bridgehead atoms. The number of nitrogens with zero attached hydrogens (tertiary/aromatic N) is 2. The molecule has 0 aromatic heterocycles. The quantitative estimate of drug-likeness (QED) is 0.336. The smallest absolute Gasteiger partial charge is 0.134 e. The fourth-order valence-corrected chi connectivity index (χ4v) is 4.44. The molecule has 4 aromatic carbocycles. The van der Waals surface area contributed by atoms with Crippen molar-refractivity contribution >= 4 is 5.84 Å². The largest absolute Gasteiger partial charge is 0.489 e. The lowest BCUT2D eigenvalue weighted by Crippen LogP contribution is -2.39. The van der Waals surface area contributed by atoms with Crippen molar-refractivity contribution in [3.63, 3.8) is 0 Å². The number of amidine groups is 1. The summed E-state index contributed by atoms with van der Waals surface area (Å²) in [4.78, 5) is 4.49. The van der Waals surface area contributed by atoms with Crippen molar-refractivity contribution in [2.24, 2.45) is 4.99 Å². The molecule has 190 valence electrons. The van der Waals surface area contributed by atoms with Crippen LogP contribution < -0.4 is 14.8 Å². The molecular weight excluding hydrogens is 474 g/mol. The minimum absolute atomic E-state index is 0.292. The molecule has 1 atom stereocenters. The summed E-state index contributed by atoms with van der Waals surface area (Å²) >= 11 is 0. The van der Waals surface area contributed by atoms with E-state index < -0.39 is 6.10 Å². The molecule has 6 nitrogen and oxygen atoms in total. The Morgan fingerprint density at radius 2 is 1.76 bits per heavy atom. The third kappa shape index (κ3) is 5.86. The van der Waals surface area contributed by atoms with Gasteiger partial charge < -0.3 is 19.9 Å². The molecule has 0 spiro atoms. The first-order chi connectivity index (χ1) is 18.6. The van der Waals surface area contributed by atoms with Crippen LogP contribution in [0, 0.1) is 18.3 Å². The van der Waals surface area contributed by atoms with Gasteiger partial charge in [0.05, 0.1) is 29.8 Å². The molecule has 0 saturated heterocycles. The van der Waals surface area contributed by atoms with Crippen LogP contribution in [-0.2, 0) is 13.2 Å². The van der Waals surface area contributed by atoms with E-state index in [1.54, 1.807) is 6.07 Å². The molecule has 0 radical (unpaired) electrons. The maximum atomic E-state index is 9.83. The summed E-state index contributed by atoms with van der Waals surface area (Å²) in [6, 6.07) is 31.8. The summed E-state index contributed by atoms with van der Waals surface area (Å²) < 4.78 is 12.5. The van der Waals surface area contributed by atoms with Gasteiger partial charge in [0.2, 0.25) is 0 Å². The number of nitriles is 1. The van der Waals surface area contributed by atoms with Gasteiger partial charge in [-0.05, 0) is 59.0 Å². The number of β-amino-alcohol motifs (C(OH)–C–C–N with tert-alkyl or cyclic N) is 1. The van der Waals surface area contributed by atoms with Crippen molar-refractivity contribution in [1.82, 2.24) is 5.32 Å². The number of aliphatic hydroxyl groups is 1. The summed E-state index contributed by atoms with van der Waals surface area (Å²) in [5, 5.41) is 22.2. The van der Waals surface area contributed by atoms with E-state index in [9.17, 15) is 10.4 Å². The standard InChI is InChI=1S/C32H29N3O3/c1-22-26(11-6-12-29(22)25-9-3-2-4-10-25)21-37-28-13-14-30(32-34-18-27(36)19-35-32)31(16-28)38-20-24-8-5-7-23(15-24)17-33/h2-16,27,36H,18-21H2,1H3,(H,34,35). The highest BCUT2D eigenvalue weighted by Crippen LogP contribution is 2.29. The molecule has 0 fully saturated rings. The number of ether oxygens (including phenoxy) is 2. The molecule has 5 rings (SSSR count). The summed E-state index contributed by atoms with van der Waals surface area (Å²) in [6.07, 6.45) is -0.505. The van der Waals surface area contributed by atoms with Crippen LogP contribution >= 0.6 is 0 Å². The average molecular weight is 504 g/mol. The number of aliphatic hydroxyl groups excluding tert-OH is 1. The van der Waals surface area contributed by atoms with E-state index >= 15 is 0 Å². The number of rotatable bonds is 8. The Morgan fingerprint density at radius 1 is 0.921 bits per heavy atom. The molecule has 6 heteroatoms. The molecular formula is C32H29N3O3. The van der Waals surface area contributed by atoms with Gasteiger partial charge in [-0.15, -0.1) is 0 Å². The maximum absolute atomic E-state index is 9.83. The van der Waals surface area contributed by atoms with Crippen LogP contribution in [0.4, 0.5) is 0 Å². The Bertz CT molecular complexity index is 1490. The van der Waals surface area contributed by atoms with Crippen molar-refractivity contribution in [3.8, 4) is 28.7 Å². The lowest BCUT2D eigenvalue weighted by atomic mass is 9.97. The van der Waals surface area contributed by atoms with Crippen molar-refractivity contribution in [3.05, 3.63) is 119 Å². The zero-order valence-electron chi connectivity index (χ0n) is 21.2. The first-order valence-electron chi connectivity index (χ1n) is 12.6. The zero-order valence-corrected chi connectivity index (χ0v) is 21.2. The zero-order chi connectivity index (χ0) is 26.3. The fourth-order valence-electron chi connectivity index (χ4n) is 4.44. The van der Waals surface area contributed by atoms with Crippen LogP contribution in [0.25, 0.3) is 11.1 Å². The van der Waals surface area contributed by atoms with E-state index in [0.717, 1.165) is 16.7 Å². The normalized spacial score (nSPS) is 14.7. The van der Waals surface area contributed by atoms with Gasteiger partial charge in [0.1, 0.15) is 30.5 Å². The van der Waals surface area contributed by atoms with E-state index in [1.165, 1.54) is 16.7 Å². The third-order valence-corrected chi connectivity index (χ3v) is 6.55. The second-order valence-electron chi connectivity index (χ2n) is 9.23. The van der Waals surface area contributed by atoms with E-state index in [-0.39, 0.29) is 0 Å². The van der Waals surface area contributed by atoms with Gasteiger partial charge >= 0.3 is 0 Å². The Kier molecular flexibility index (Phi) is 7.67. The highest BCUT2D eigenvalue weighted by molar-refractivity contribution is 6.01. The SMILES string of the molecule is Cc1c(COc2ccc(C3=NCC(O)CN3)c(OCc3cccc(C#N)c3)c2)cccc1-c1ccccc1. The van der Waals surface area contributed by atoms with Crippen molar-refractivity contribution in [2.45, 2.75) is 26.2 Å². The number of hydrogen-bond donors (Lipinski definition) is 2. The molecule has 1 aliphatic heterocycles. The van der Waals surface area contributed by atoms with Crippen LogP contribution in [0.5, 0.6) is 11.5 Å². The number of benzene rings is 4. The number of hydrogen-bond acceptors (Lipinski definition) is 6. The third-order valence-electron chi connectivity index (χ3n) is 6.55. The molecule has 1 heterocycles. The second kappa shape index (κ2) is 11.6. The Labute approximate surface area is 222 Å². The Balaban J connectivity index is 1.38. The molecule has 38 heavy (non-hydrogen) atoms. The van der Waals surface area contributed by atoms with Crippen LogP contribution in [0.1, 0.15) is 27.8 Å². The van der Waals surface area contributed by atoms with Crippen molar-refractivity contribution in [1.29, 1.82) is 5.26 Å². The molecule has 0 amide bonds. The Morgan fingerprint density at radius 3 is 2.55 bits per heavy atom. The summed E-state index contributed by atoms with van der Waals surface area (Å²) in [5.74, 6) is 1.96. The molecule has 0 aliphatic carbocycles. The van der Waals surface area contributed by atoms with Gasteiger partial charge in [0, 0.05) is 12.6 Å².